The molecule has 17 heavy (non-hydrogen) atoms. The first-order valence-electron chi connectivity index (χ1n) is 6.00. The van der Waals surface area contributed by atoms with Gasteiger partial charge in [-0.2, -0.15) is 0 Å². The minimum absolute atomic E-state index is 0.0175. The van der Waals surface area contributed by atoms with Crippen molar-refractivity contribution >= 4 is 5.82 Å². The van der Waals surface area contributed by atoms with E-state index in [2.05, 4.69) is 24.1 Å². The first-order chi connectivity index (χ1) is 7.93. The van der Waals surface area contributed by atoms with Crippen LogP contribution in [0.25, 0.3) is 0 Å². The Hall–Kier alpha value is -1.36. The third-order valence-electron chi connectivity index (χ3n) is 2.79. The lowest BCUT2D eigenvalue weighted by atomic mass is 10.1. The van der Waals surface area contributed by atoms with E-state index in [9.17, 15) is 4.79 Å². The Balaban J connectivity index is 2.79. The normalized spacial score (nSPS) is 13.1. The van der Waals surface area contributed by atoms with Crippen molar-refractivity contribution < 1.29 is 0 Å². The SMILES string of the molecule is CC(C)C(N)CNc1nccn(C(C)C)c1=O. The van der Waals surface area contributed by atoms with Crippen molar-refractivity contribution in [2.45, 2.75) is 39.8 Å². The predicted octanol–water partition coefficient (Wildman–Crippen LogP) is 1.22. The van der Waals surface area contributed by atoms with Crippen LogP contribution in [0, 0.1) is 5.92 Å². The summed E-state index contributed by atoms with van der Waals surface area (Å²) < 4.78 is 1.65. The Bertz CT molecular complexity index is 411. The molecule has 3 N–H and O–H groups in total. The number of hydrogen-bond acceptors (Lipinski definition) is 4. The summed E-state index contributed by atoms with van der Waals surface area (Å²) in [4.78, 5) is 16.0. The first-order valence-corrected chi connectivity index (χ1v) is 6.00. The fraction of sp³-hybridized carbons (Fsp3) is 0.667. The van der Waals surface area contributed by atoms with Gasteiger partial charge in [0.2, 0.25) is 0 Å². The second-order valence-corrected chi connectivity index (χ2v) is 4.87. The molecule has 1 unspecified atom stereocenters. The number of rotatable bonds is 5. The molecule has 1 atom stereocenters. The quantitative estimate of drug-likeness (QED) is 0.809. The van der Waals surface area contributed by atoms with Gasteiger partial charge in [-0.1, -0.05) is 13.8 Å². The molecule has 1 aromatic heterocycles. The molecule has 1 rings (SSSR count). The van der Waals surface area contributed by atoms with Gasteiger partial charge in [-0.15, -0.1) is 0 Å². The molecule has 5 heteroatoms. The van der Waals surface area contributed by atoms with Gasteiger partial charge in [0.25, 0.3) is 5.56 Å². The van der Waals surface area contributed by atoms with Gasteiger partial charge in [-0.05, 0) is 19.8 Å². The standard InChI is InChI=1S/C12H22N4O/c1-8(2)10(13)7-15-11-12(17)16(9(3)4)6-5-14-11/h5-6,8-10H,7,13H2,1-4H3,(H,14,15). The largest absolute Gasteiger partial charge is 0.364 e. The number of anilines is 1. The molecule has 5 nitrogen and oxygen atoms in total. The smallest absolute Gasteiger partial charge is 0.293 e. The Morgan fingerprint density at radius 2 is 2.06 bits per heavy atom. The Kier molecular flexibility index (Phi) is 4.69. The number of nitrogens with zero attached hydrogens (tertiary/aromatic N) is 2. The van der Waals surface area contributed by atoms with Crippen LogP contribution in [0.3, 0.4) is 0 Å². The van der Waals surface area contributed by atoms with Gasteiger partial charge in [0.05, 0.1) is 0 Å². The molecule has 0 aliphatic heterocycles. The fourth-order valence-corrected chi connectivity index (χ4v) is 1.40. The Morgan fingerprint density at radius 3 is 2.59 bits per heavy atom. The molecule has 1 aromatic rings. The van der Waals surface area contributed by atoms with E-state index >= 15 is 0 Å². The fourth-order valence-electron chi connectivity index (χ4n) is 1.40. The summed E-state index contributed by atoms with van der Waals surface area (Å²) in [5.41, 5.74) is 5.81. The topological polar surface area (TPSA) is 72.9 Å². The third kappa shape index (κ3) is 3.56. The van der Waals surface area contributed by atoms with E-state index in [1.807, 2.05) is 13.8 Å². The molecule has 0 aliphatic carbocycles. The molecule has 0 saturated carbocycles. The number of nitrogens with one attached hydrogen (secondary N) is 1. The molecule has 0 fully saturated rings. The average Bonchev–Trinajstić information content (AvgIpc) is 2.26. The van der Waals surface area contributed by atoms with Crippen molar-refractivity contribution in [2.24, 2.45) is 11.7 Å². The van der Waals surface area contributed by atoms with Gasteiger partial charge >= 0.3 is 0 Å². The van der Waals surface area contributed by atoms with Gasteiger partial charge in [0.1, 0.15) is 0 Å². The lowest BCUT2D eigenvalue weighted by molar-refractivity contribution is 0.509. The second kappa shape index (κ2) is 5.82. The van der Waals surface area contributed by atoms with Crippen LogP contribution in [0.4, 0.5) is 5.82 Å². The summed E-state index contributed by atoms with van der Waals surface area (Å²) in [5, 5.41) is 3.02. The summed E-state index contributed by atoms with van der Waals surface area (Å²) in [5.74, 6) is 0.746. The van der Waals surface area contributed by atoms with Crippen LogP contribution in [-0.4, -0.2) is 22.1 Å². The van der Waals surface area contributed by atoms with Gasteiger partial charge in [-0.3, -0.25) is 4.79 Å². The van der Waals surface area contributed by atoms with E-state index in [1.54, 1.807) is 17.0 Å². The van der Waals surface area contributed by atoms with E-state index in [1.165, 1.54) is 0 Å². The molecular formula is C12H22N4O. The summed E-state index contributed by atoms with van der Waals surface area (Å²) in [6.45, 7) is 8.59. The van der Waals surface area contributed by atoms with Crippen molar-refractivity contribution in [3.05, 3.63) is 22.7 Å². The van der Waals surface area contributed by atoms with Crippen LogP contribution in [-0.2, 0) is 0 Å². The van der Waals surface area contributed by atoms with Crippen LogP contribution in [0.2, 0.25) is 0 Å². The van der Waals surface area contributed by atoms with Crippen molar-refractivity contribution in [2.75, 3.05) is 11.9 Å². The van der Waals surface area contributed by atoms with Crippen molar-refractivity contribution in [3.8, 4) is 0 Å². The monoisotopic (exact) mass is 238 g/mol. The van der Waals surface area contributed by atoms with E-state index in [0.717, 1.165) is 0 Å². The molecule has 1 heterocycles. The maximum Gasteiger partial charge on any atom is 0.293 e. The first kappa shape index (κ1) is 13.7. The average molecular weight is 238 g/mol. The highest BCUT2D eigenvalue weighted by molar-refractivity contribution is 5.31. The van der Waals surface area contributed by atoms with Gasteiger partial charge in [0, 0.05) is 31.0 Å². The highest BCUT2D eigenvalue weighted by atomic mass is 16.1. The van der Waals surface area contributed by atoms with E-state index < -0.39 is 0 Å². The van der Waals surface area contributed by atoms with Crippen LogP contribution < -0.4 is 16.6 Å². The lowest BCUT2D eigenvalue weighted by Crippen LogP contribution is -2.36. The molecule has 0 saturated heterocycles. The predicted molar refractivity (Wildman–Crippen MR) is 70.2 cm³/mol. The summed E-state index contributed by atoms with van der Waals surface area (Å²) >= 11 is 0. The van der Waals surface area contributed by atoms with Crippen LogP contribution in [0.5, 0.6) is 0 Å². The third-order valence-corrected chi connectivity index (χ3v) is 2.79. The van der Waals surface area contributed by atoms with Crippen molar-refractivity contribution in [1.82, 2.24) is 9.55 Å². The minimum Gasteiger partial charge on any atom is -0.364 e. The summed E-state index contributed by atoms with van der Waals surface area (Å²) in [6, 6.07) is 0.147. The molecule has 0 radical (unpaired) electrons. The van der Waals surface area contributed by atoms with Crippen LogP contribution in [0.15, 0.2) is 17.2 Å². The lowest BCUT2D eigenvalue weighted by Gasteiger charge is -2.17. The zero-order valence-corrected chi connectivity index (χ0v) is 11.0. The molecule has 0 spiro atoms. The summed E-state index contributed by atoms with van der Waals surface area (Å²) in [6.07, 6.45) is 3.32. The van der Waals surface area contributed by atoms with Crippen molar-refractivity contribution in [3.63, 3.8) is 0 Å². The number of nitrogens with two attached hydrogens (primary N) is 1. The summed E-state index contributed by atoms with van der Waals surface area (Å²) in [7, 11) is 0. The minimum atomic E-state index is -0.0987. The van der Waals surface area contributed by atoms with Gasteiger partial charge in [-0.25, -0.2) is 4.98 Å². The molecule has 0 aliphatic rings. The number of hydrogen-bond donors (Lipinski definition) is 2. The van der Waals surface area contributed by atoms with E-state index in [4.69, 9.17) is 5.73 Å². The van der Waals surface area contributed by atoms with Gasteiger partial charge in [0.15, 0.2) is 5.82 Å². The van der Waals surface area contributed by atoms with Crippen LogP contribution >= 0.6 is 0 Å². The van der Waals surface area contributed by atoms with E-state index in [0.29, 0.717) is 18.3 Å². The Labute approximate surface area is 102 Å². The van der Waals surface area contributed by atoms with Gasteiger partial charge < -0.3 is 15.6 Å². The molecule has 0 amide bonds. The zero-order valence-electron chi connectivity index (χ0n) is 11.0. The highest BCUT2D eigenvalue weighted by Crippen LogP contribution is 2.03. The maximum absolute atomic E-state index is 12.0. The Morgan fingerprint density at radius 1 is 1.41 bits per heavy atom. The molecular weight excluding hydrogens is 216 g/mol. The van der Waals surface area contributed by atoms with E-state index in [-0.39, 0.29) is 17.6 Å². The maximum atomic E-state index is 12.0. The molecule has 0 aromatic carbocycles. The second-order valence-electron chi connectivity index (χ2n) is 4.87. The number of aromatic nitrogens is 2. The highest BCUT2D eigenvalue weighted by Gasteiger charge is 2.10. The zero-order chi connectivity index (χ0) is 13.0. The molecule has 0 bridgehead atoms. The van der Waals surface area contributed by atoms with Crippen molar-refractivity contribution in [1.29, 1.82) is 0 Å². The van der Waals surface area contributed by atoms with Crippen LogP contribution in [0.1, 0.15) is 33.7 Å². The molecule has 96 valence electrons.